The SMILES string of the molecule is CC1(C)OC(c2ccc(S(N)(=O)=O)c(F)c2)=C(c2ccc(Cl)c(Cl)c2)C1=O. The minimum atomic E-state index is -4.21. The summed E-state index contributed by atoms with van der Waals surface area (Å²) >= 11 is 12.0. The average Bonchev–Trinajstić information content (AvgIpc) is 2.79. The number of nitrogens with two attached hydrogens (primary N) is 1. The third-order valence-electron chi connectivity index (χ3n) is 4.07. The molecule has 142 valence electrons. The molecule has 0 unspecified atom stereocenters. The van der Waals surface area contributed by atoms with Crippen LogP contribution in [0.2, 0.25) is 10.0 Å². The van der Waals surface area contributed by atoms with E-state index in [1.54, 1.807) is 19.9 Å². The van der Waals surface area contributed by atoms with E-state index in [1.807, 2.05) is 0 Å². The summed E-state index contributed by atoms with van der Waals surface area (Å²) < 4.78 is 42.9. The number of carbonyl (C=O) groups is 1. The molecular weight excluding hydrogens is 416 g/mol. The predicted octanol–water partition coefficient (Wildman–Crippen LogP) is 4.03. The summed E-state index contributed by atoms with van der Waals surface area (Å²) in [7, 11) is -4.21. The molecule has 0 saturated carbocycles. The first-order chi connectivity index (χ1) is 12.4. The van der Waals surface area contributed by atoms with Crippen molar-refractivity contribution in [2.24, 2.45) is 5.14 Å². The molecule has 0 spiro atoms. The summed E-state index contributed by atoms with van der Waals surface area (Å²) in [6.07, 6.45) is 0. The third-order valence-corrected chi connectivity index (χ3v) is 5.75. The van der Waals surface area contributed by atoms with Crippen LogP contribution in [-0.4, -0.2) is 19.8 Å². The monoisotopic (exact) mass is 429 g/mol. The molecule has 2 aromatic carbocycles. The maximum atomic E-state index is 14.3. The van der Waals surface area contributed by atoms with Crippen molar-refractivity contribution in [1.29, 1.82) is 0 Å². The normalized spacial score (nSPS) is 16.6. The second-order valence-electron chi connectivity index (χ2n) is 6.46. The van der Waals surface area contributed by atoms with Crippen molar-refractivity contribution >= 4 is 50.3 Å². The molecule has 9 heteroatoms. The second kappa shape index (κ2) is 6.60. The van der Waals surface area contributed by atoms with Gasteiger partial charge in [0.25, 0.3) is 0 Å². The molecule has 27 heavy (non-hydrogen) atoms. The molecule has 0 fully saturated rings. The topological polar surface area (TPSA) is 86.5 Å². The van der Waals surface area contributed by atoms with Gasteiger partial charge in [-0.1, -0.05) is 29.3 Å². The van der Waals surface area contributed by atoms with Crippen LogP contribution in [0.1, 0.15) is 25.0 Å². The fourth-order valence-electron chi connectivity index (χ4n) is 2.75. The summed E-state index contributed by atoms with van der Waals surface area (Å²) in [6, 6.07) is 7.95. The van der Waals surface area contributed by atoms with Gasteiger partial charge in [0, 0.05) is 5.56 Å². The minimum Gasteiger partial charge on any atom is -0.478 e. The van der Waals surface area contributed by atoms with Crippen molar-refractivity contribution in [3.63, 3.8) is 0 Å². The first-order valence-electron chi connectivity index (χ1n) is 7.68. The Morgan fingerprint density at radius 2 is 1.67 bits per heavy atom. The van der Waals surface area contributed by atoms with E-state index in [2.05, 4.69) is 0 Å². The molecule has 1 aliphatic heterocycles. The van der Waals surface area contributed by atoms with Crippen LogP contribution in [0.25, 0.3) is 11.3 Å². The van der Waals surface area contributed by atoms with Crippen molar-refractivity contribution < 1.29 is 22.3 Å². The lowest BCUT2D eigenvalue weighted by Crippen LogP contribution is -2.29. The number of hydrogen-bond acceptors (Lipinski definition) is 4. The molecule has 0 atom stereocenters. The lowest BCUT2D eigenvalue weighted by atomic mass is 9.92. The van der Waals surface area contributed by atoms with Crippen LogP contribution in [0.4, 0.5) is 4.39 Å². The van der Waals surface area contributed by atoms with Crippen molar-refractivity contribution in [3.8, 4) is 0 Å². The molecular formula is C18H14Cl2FNO4S. The van der Waals surface area contributed by atoms with E-state index in [4.69, 9.17) is 33.1 Å². The molecule has 1 heterocycles. The number of Topliss-reactive ketones (excluding diaryl/α,β-unsaturated/α-hetero) is 1. The maximum absolute atomic E-state index is 14.3. The number of ether oxygens (including phenoxy) is 1. The van der Waals surface area contributed by atoms with Gasteiger partial charge in [-0.05, 0) is 49.7 Å². The molecule has 0 aromatic heterocycles. The molecule has 0 radical (unpaired) electrons. The Morgan fingerprint density at radius 1 is 1.04 bits per heavy atom. The van der Waals surface area contributed by atoms with E-state index in [-0.39, 0.29) is 27.7 Å². The molecule has 5 nitrogen and oxygen atoms in total. The Hall–Kier alpha value is -1.93. The highest BCUT2D eigenvalue weighted by Crippen LogP contribution is 2.42. The van der Waals surface area contributed by atoms with E-state index in [0.717, 1.165) is 12.1 Å². The van der Waals surface area contributed by atoms with Crippen LogP contribution in [0.3, 0.4) is 0 Å². The fraction of sp³-hybridized carbons (Fsp3) is 0.167. The number of hydrogen-bond donors (Lipinski definition) is 1. The maximum Gasteiger partial charge on any atom is 0.240 e. The zero-order chi connectivity index (χ0) is 20.1. The lowest BCUT2D eigenvalue weighted by molar-refractivity contribution is -0.125. The number of rotatable bonds is 3. The number of primary sulfonamides is 1. The van der Waals surface area contributed by atoms with E-state index in [1.165, 1.54) is 18.2 Å². The van der Waals surface area contributed by atoms with Gasteiger partial charge in [0.15, 0.2) is 5.60 Å². The van der Waals surface area contributed by atoms with Gasteiger partial charge in [0.2, 0.25) is 15.8 Å². The van der Waals surface area contributed by atoms with Crippen LogP contribution < -0.4 is 5.14 Å². The molecule has 0 bridgehead atoms. The Bertz CT molecular complexity index is 1110. The van der Waals surface area contributed by atoms with Crippen molar-refractivity contribution in [2.75, 3.05) is 0 Å². The highest BCUT2D eigenvalue weighted by atomic mass is 35.5. The van der Waals surface area contributed by atoms with Gasteiger partial charge in [0.1, 0.15) is 16.5 Å². The summed E-state index contributed by atoms with van der Waals surface area (Å²) in [4.78, 5) is 12.2. The number of sulfonamides is 1. The van der Waals surface area contributed by atoms with E-state index >= 15 is 0 Å². The summed E-state index contributed by atoms with van der Waals surface area (Å²) in [5.74, 6) is -1.26. The number of benzene rings is 2. The highest BCUT2D eigenvalue weighted by Gasteiger charge is 2.43. The molecule has 3 rings (SSSR count). The zero-order valence-corrected chi connectivity index (χ0v) is 16.5. The summed E-state index contributed by atoms with van der Waals surface area (Å²) in [6.45, 7) is 3.16. The van der Waals surface area contributed by atoms with Gasteiger partial charge >= 0.3 is 0 Å². The molecule has 0 amide bonds. The molecule has 0 saturated heterocycles. The number of carbonyl (C=O) groups excluding carboxylic acids is 1. The molecule has 0 aliphatic carbocycles. The predicted molar refractivity (Wildman–Crippen MR) is 101 cm³/mol. The first-order valence-corrected chi connectivity index (χ1v) is 9.98. The van der Waals surface area contributed by atoms with Crippen LogP contribution >= 0.6 is 23.2 Å². The molecule has 1 aliphatic rings. The lowest BCUT2D eigenvalue weighted by Gasteiger charge is -2.18. The average molecular weight is 430 g/mol. The number of ketones is 1. The number of halogens is 3. The van der Waals surface area contributed by atoms with E-state index < -0.39 is 26.3 Å². The fourth-order valence-corrected chi connectivity index (χ4v) is 3.63. The van der Waals surface area contributed by atoms with Gasteiger partial charge < -0.3 is 4.74 Å². The van der Waals surface area contributed by atoms with Crippen molar-refractivity contribution in [3.05, 3.63) is 63.4 Å². The van der Waals surface area contributed by atoms with Crippen molar-refractivity contribution in [2.45, 2.75) is 24.3 Å². The Morgan fingerprint density at radius 3 is 2.22 bits per heavy atom. The van der Waals surface area contributed by atoms with Crippen LogP contribution in [0.5, 0.6) is 0 Å². The van der Waals surface area contributed by atoms with Crippen LogP contribution in [0, 0.1) is 5.82 Å². The Labute approximate surface area is 165 Å². The minimum absolute atomic E-state index is 0.114. The molecule has 2 aromatic rings. The molecule has 2 N–H and O–H groups in total. The smallest absolute Gasteiger partial charge is 0.240 e. The highest BCUT2D eigenvalue weighted by molar-refractivity contribution is 7.89. The van der Waals surface area contributed by atoms with Crippen LogP contribution in [-0.2, 0) is 19.6 Å². The Balaban J connectivity index is 2.23. The van der Waals surface area contributed by atoms with Gasteiger partial charge in [-0.2, -0.15) is 0 Å². The first kappa shape index (κ1) is 19.8. The van der Waals surface area contributed by atoms with Gasteiger partial charge in [-0.25, -0.2) is 17.9 Å². The Kier molecular flexibility index (Phi) is 4.84. The largest absolute Gasteiger partial charge is 0.478 e. The van der Waals surface area contributed by atoms with Gasteiger partial charge in [-0.15, -0.1) is 0 Å². The van der Waals surface area contributed by atoms with Gasteiger partial charge in [-0.3, -0.25) is 4.79 Å². The van der Waals surface area contributed by atoms with E-state index in [9.17, 15) is 17.6 Å². The van der Waals surface area contributed by atoms with Crippen LogP contribution in [0.15, 0.2) is 41.3 Å². The van der Waals surface area contributed by atoms with Gasteiger partial charge in [0.05, 0.1) is 15.6 Å². The summed E-state index contributed by atoms with van der Waals surface area (Å²) in [5.41, 5.74) is -0.349. The summed E-state index contributed by atoms with van der Waals surface area (Å²) in [5, 5.41) is 5.54. The quantitative estimate of drug-likeness (QED) is 0.797. The zero-order valence-electron chi connectivity index (χ0n) is 14.2. The standard InChI is InChI=1S/C18H14Cl2FNO4S/c1-18(2)17(23)15(9-3-5-11(19)12(20)7-9)16(26-18)10-4-6-14(13(21)8-10)27(22,24)25/h3-8H,1-2H3,(H2,22,24,25). The van der Waals surface area contributed by atoms with Crippen molar-refractivity contribution in [1.82, 2.24) is 0 Å². The second-order valence-corrected chi connectivity index (χ2v) is 8.81. The third kappa shape index (κ3) is 3.60. The van der Waals surface area contributed by atoms with E-state index in [0.29, 0.717) is 10.6 Å².